The third-order valence-electron chi connectivity index (χ3n) is 0. The van der Waals surface area contributed by atoms with E-state index < -0.39 is 0 Å². The summed E-state index contributed by atoms with van der Waals surface area (Å²) < 4.78 is 0. The molecule has 0 amide bonds. The van der Waals surface area contributed by atoms with Crippen LogP contribution in [0, 0.1) is 0 Å². The van der Waals surface area contributed by atoms with E-state index >= 15 is 0 Å². The molecule has 0 atom stereocenters. The molecule has 0 aliphatic carbocycles. The smallest absolute Gasteiger partial charge is 0 e. The van der Waals surface area contributed by atoms with Crippen LogP contribution < -0.4 is 0 Å². The molecule has 0 aromatic rings. The third kappa shape index (κ3) is 127. The van der Waals surface area contributed by atoms with Gasteiger partial charge < -0.3 is 32.9 Å². The Morgan fingerprint density at radius 3 is 0.333 bits per heavy atom. The zero-order valence-electron chi connectivity index (χ0n) is 5.33. The summed E-state index contributed by atoms with van der Waals surface area (Å²) in [6.07, 6.45) is 0. The molecule has 12 N–H and O–H groups in total. The molecule has 0 unspecified atom stereocenters. The molecule has 9 heavy (non-hydrogen) atoms. The largest absolute Gasteiger partial charge is 0.412 e. The average Bonchev–Trinajstić information content (AvgIpc) is 0. The molecular weight excluding hydrogens is 334 g/mol. The van der Waals surface area contributed by atoms with Crippen LogP contribution in [-0.4, -0.2) is 92.0 Å². The molecule has 0 aliphatic heterocycles. The first-order chi connectivity index (χ1) is 0. The van der Waals surface area contributed by atoms with Crippen LogP contribution >= 0.6 is 0 Å². The van der Waals surface area contributed by atoms with Crippen molar-refractivity contribution in [3.05, 3.63) is 0 Å². The van der Waals surface area contributed by atoms with Crippen LogP contribution in [0.2, 0.25) is 0 Å². The van der Waals surface area contributed by atoms with Gasteiger partial charge in [0.1, 0.15) is 0 Å². The van der Waals surface area contributed by atoms with Gasteiger partial charge in [0.25, 0.3) is 0 Å². The molecule has 0 fully saturated rings. The summed E-state index contributed by atoms with van der Waals surface area (Å²) in [7, 11) is 0. The molecule has 6 nitrogen and oxygen atoms in total. The van der Waals surface area contributed by atoms with Gasteiger partial charge in [-0.2, -0.15) is 0 Å². The Balaban J connectivity index is 0. The van der Waals surface area contributed by atoms with Gasteiger partial charge in [0.05, 0.1) is 0 Å². The Morgan fingerprint density at radius 2 is 0.333 bits per heavy atom. The molecule has 0 rings (SSSR count). The Bertz CT molecular complexity index is 11.0. The van der Waals surface area contributed by atoms with Gasteiger partial charge >= 0.3 is 0 Å². The van der Waals surface area contributed by atoms with Crippen molar-refractivity contribution in [2.24, 2.45) is 0 Å². The van der Waals surface area contributed by atoms with Crippen molar-refractivity contribution in [2.75, 3.05) is 0 Å². The molecule has 0 saturated carbocycles. The molecule has 0 heterocycles. The molecule has 0 saturated heterocycles. The minimum atomic E-state index is 0. The van der Waals surface area contributed by atoms with Crippen molar-refractivity contribution in [1.29, 1.82) is 0 Å². The average molecular weight is 346 g/mol. The normalized spacial score (nSPS) is 0. The maximum Gasteiger partial charge on any atom is 0 e. The second kappa shape index (κ2) is 159. The Kier molecular flexibility index (Phi) is 3760. The fourth-order valence-electron chi connectivity index (χ4n) is 0. The summed E-state index contributed by atoms with van der Waals surface area (Å²) in [5.41, 5.74) is 0. The van der Waals surface area contributed by atoms with Gasteiger partial charge in [-0.25, -0.2) is 0 Å². The second-order valence-electron chi connectivity index (χ2n) is 0. The number of hydrogen-bond donors (Lipinski definition) is 0. The third-order valence-corrected chi connectivity index (χ3v) is 0. The van der Waals surface area contributed by atoms with E-state index in [1.165, 1.54) is 0 Å². The predicted octanol–water partition coefficient (Wildman–Crippen LogP) is -5.71. The summed E-state index contributed by atoms with van der Waals surface area (Å²) in [6.45, 7) is 0. The van der Waals surface area contributed by atoms with Gasteiger partial charge in [0, 0.05) is 79.2 Å². The zero-order valence-corrected chi connectivity index (χ0v) is 11.7. The number of hydrogen-bond acceptors (Lipinski definition) is 0. The Morgan fingerprint density at radius 1 is 0.333 bits per heavy atom. The van der Waals surface area contributed by atoms with E-state index in [2.05, 4.69) is 0 Å². The van der Waals surface area contributed by atoms with E-state index in [4.69, 9.17) is 0 Å². The molecule has 0 aromatic carbocycles. The fourth-order valence-corrected chi connectivity index (χ4v) is 0. The van der Waals surface area contributed by atoms with Gasteiger partial charge in [0.2, 0.25) is 0 Å². The van der Waals surface area contributed by atoms with Crippen molar-refractivity contribution in [3.63, 3.8) is 0 Å². The van der Waals surface area contributed by atoms with E-state index in [1.807, 2.05) is 0 Å². The minimum absolute atomic E-state index is 0. The first-order valence-electron chi connectivity index (χ1n) is 0. The molecule has 0 aromatic heterocycles. The van der Waals surface area contributed by atoms with Gasteiger partial charge in [-0.3, -0.25) is 0 Å². The summed E-state index contributed by atoms with van der Waals surface area (Å²) >= 11 is 0. The SMILES string of the molecule is O.O.O.O.O.O.[Ir].[Na].[Na]. The molecule has 3 radical (unpaired) electrons. The van der Waals surface area contributed by atoms with Crippen molar-refractivity contribution in [1.82, 2.24) is 0 Å². The number of rotatable bonds is 0. The van der Waals surface area contributed by atoms with Crippen LogP contribution in [0.3, 0.4) is 0 Å². The van der Waals surface area contributed by atoms with Gasteiger partial charge in [-0.1, -0.05) is 0 Å². The van der Waals surface area contributed by atoms with Crippen LogP contribution in [0.15, 0.2) is 0 Å². The van der Waals surface area contributed by atoms with Gasteiger partial charge in [-0.05, 0) is 0 Å². The molecular formula is H12IrNa2O6. The summed E-state index contributed by atoms with van der Waals surface area (Å²) in [6, 6.07) is 0. The topological polar surface area (TPSA) is 189 Å². The van der Waals surface area contributed by atoms with E-state index in [1.54, 1.807) is 0 Å². The monoisotopic (exact) mass is 347 g/mol. The standard InChI is InChI=1S/Ir.2Na.6H2O/h;;;6*1H2. The van der Waals surface area contributed by atoms with E-state index in [-0.39, 0.29) is 112 Å². The first kappa shape index (κ1) is 213. The van der Waals surface area contributed by atoms with E-state index in [0.29, 0.717) is 0 Å². The first-order valence-corrected chi connectivity index (χ1v) is 0. The predicted molar refractivity (Wildman–Crippen MR) is 33.2 cm³/mol. The summed E-state index contributed by atoms with van der Waals surface area (Å²) in [4.78, 5) is 0. The summed E-state index contributed by atoms with van der Waals surface area (Å²) in [5, 5.41) is 0. The molecule has 0 spiro atoms. The van der Waals surface area contributed by atoms with Gasteiger partial charge in [0.15, 0.2) is 0 Å². The molecule has 0 bridgehead atoms. The van der Waals surface area contributed by atoms with Crippen LogP contribution in [0.4, 0.5) is 0 Å². The van der Waals surface area contributed by atoms with Crippen molar-refractivity contribution < 1.29 is 53.0 Å². The van der Waals surface area contributed by atoms with Crippen LogP contribution in [0.5, 0.6) is 0 Å². The maximum atomic E-state index is 0. The van der Waals surface area contributed by atoms with Gasteiger partial charge in [-0.15, -0.1) is 0 Å². The van der Waals surface area contributed by atoms with Crippen LogP contribution in [0.25, 0.3) is 0 Å². The van der Waals surface area contributed by atoms with Crippen LogP contribution in [0.1, 0.15) is 0 Å². The minimum Gasteiger partial charge on any atom is -0.412 e. The van der Waals surface area contributed by atoms with Crippen LogP contribution in [-0.2, 0) is 20.1 Å². The quantitative estimate of drug-likeness (QED) is 0.378. The maximum absolute atomic E-state index is 0. The summed E-state index contributed by atoms with van der Waals surface area (Å²) in [5.74, 6) is 0. The van der Waals surface area contributed by atoms with E-state index in [0.717, 1.165) is 0 Å². The fraction of sp³-hybridized carbons (Fsp3) is 0. The van der Waals surface area contributed by atoms with Crippen molar-refractivity contribution >= 4 is 59.1 Å². The van der Waals surface area contributed by atoms with Crippen molar-refractivity contribution in [2.45, 2.75) is 0 Å². The van der Waals surface area contributed by atoms with Crippen molar-refractivity contribution in [3.8, 4) is 0 Å². The second-order valence-corrected chi connectivity index (χ2v) is 0. The zero-order chi connectivity index (χ0) is 0. The van der Waals surface area contributed by atoms with E-state index in [9.17, 15) is 0 Å². The molecule has 9 heteroatoms. The molecule has 0 aliphatic rings. The Labute approximate surface area is 111 Å². The Hall–Kier alpha value is 2.41. The molecule has 59 valence electrons.